The van der Waals surface area contributed by atoms with Gasteiger partial charge in [0.1, 0.15) is 11.9 Å². The van der Waals surface area contributed by atoms with Gasteiger partial charge in [-0.2, -0.15) is 0 Å². The predicted molar refractivity (Wildman–Crippen MR) is 97.0 cm³/mol. The van der Waals surface area contributed by atoms with E-state index in [1.807, 2.05) is 6.92 Å². The molecule has 8 heteroatoms. The number of phenols is 1. The zero-order chi connectivity index (χ0) is 17.4. The summed E-state index contributed by atoms with van der Waals surface area (Å²) in [5, 5.41) is 26.8. The summed E-state index contributed by atoms with van der Waals surface area (Å²) >= 11 is 0. The van der Waals surface area contributed by atoms with Gasteiger partial charge in [-0.15, -0.1) is 12.4 Å². The lowest BCUT2D eigenvalue weighted by Gasteiger charge is -2.52. The molecule has 2 heterocycles. The number of halogens is 1. The second-order valence-electron chi connectivity index (χ2n) is 6.96. The quantitative estimate of drug-likeness (QED) is 0.387. The number of aliphatic hydroxyl groups is 1. The number of ether oxygens (including phenoxy) is 1. The van der Waals surface area contributed by atoms with E-state index < -0.39 is 23.2 Å². The molecule has 25 heavy (non-hydrogen) atoms. The molecule has 1 spiro atoms. The molecule has 0 aliphatic carbocycles. The Kier molecular flexibility index (Phi) is 5.83. The van der Waals surface area contributed by atoms with E-state index >= 15 is 0 Å². The number of hydrogen-bond donors (Lipinski definition) is 5. The number of nitrogens with two attached hydrogens (primary N) is 1. The number of amides is 1. The average molecular weight is 372 g/mol. The minimum Gasteiger partial charge on any atom is -0.508 e. The maximum atomic E-state index is 12.6. The first-order chi connectivity index (χ1) is 11.4. The number of benzene rings is 1. The average Bonchev–Trinajstić information content (AvgIpc) is 2.56. The molecule has 140 valence electrons. The molecular weight excluding hydrogens is 346 g/mol. The van der Waals surface area contributed by atoms with E-state index in [0.717, 1.165) is 13.1 Å². The van der Waals surface area contributed by atoms with Gasteiger partial charge in [0.2, 0.25) is 0 Å². The molecule has 2 fully saturated rings. The van der Waals surface area contributed by atoms with Crippen LogP contribution in [0.2, 0.25) is 0 Å². The lowest BCUT2D eigenvalue weighted by molar-refractivity contribution is -0.197. The Labute approximate surface area is 153 Å². The van der Waals surface area contributed by atoms with E-state index in [-0.39, 0.29) is 29.4 Å². The van der Waals surface area contributed by atoms with Crippen molar-refractivity contribution in [3.8, 4) is 5.75 Å². The molecule has 2 aliphatic heterocycles. The van der Waals surface area contributed by atoms with Gasteiger partial charge in [-0.1, -0.05) is 0 Å². The summed E-state index contributed by atoms with van der Waals surface area (Å²) in [6.07, 6.45) is 1.10. The molecule has 1 aromatic rings. The van der Waals surface area contributed by atoms with Crippen molar-refractivity contribution in [2.45, 2.75) is 43.4 Å². The van der Waals surface area contributed by atoms with Gasteiger partial charge in [-0.25, -0.2) is 0 Å². The maximum absolute atomic E-state index is 12.6. The summed E-state index contributed by atoms with van der Waals surface area (Å²) in [5.74, 6) is -0.433. The summed E-state index contributed by atoms with van der Waals surface area (Å²) in [5.41, 5.74) is 4.89. The minimum absolute atomic E-state index is 0. The third-order valence-corrected chi connectivity index (χ3v) is 5.24. The van der Waals surface area contributed by atoms with Crippen LogP contribution in [0.25, 0.3) is 0 Å². The monoisotopic (exact) mass is 371 g/mol. The Morgan fingerprint density at radius 1 is 1.36 bits per heavy atom. The molecule has 7 nitrogen and oxygen atoms in total. The van der Waals surface area contributed by atoms with Gasteiger partial charge in [0.15, 0.2) is 0 Å². The van der Waals surface area contributed by atoms with Gasteiger partial charge < -0.3 is 31.3 Å². The second-order valence-corrected chi connectivity index (χ2v) is 6.96. The second kappa shape index (κ2) is 7.37. The van der Waals surface area contributed by atoms with E-state index in [0.29, 0.717) is 25.9 Å². The molecule has 6 N–H and O–H groups in total. The molecule has 0 radical (unpaired) electrons. The van der Waals surface area contributed by atoms with Gasteiger partial charge in [-0.3, -0.25) is 4.79 Å². The summed E-state index contributed by atoms with van der Waals surface area (Å²) < 4.78 is 5.94. The highest BCUT2D eigenvalue weighted by Gasteiger charge is 2.53. The zero-order valence-corrected chi connectivity index (χ0v) is 15.1. The Morgan fingerprint density at radius 2 is 2.04 bits per heavy atom. The number of nitrogens with one attached hydrogen (secondary N) is 2. The van der Waals surface area contributed by atoms with E-state index in [9.17, 15) is 15.0 Å². The summed E-state index contributed by atoms with van der Waals surface area (Å²) in [7, 11) is 0. The largest absolute Gasteiger partial charge is 0.508 e. The van der Waals surface area contributed by atoms with Crippen LogP contribution in [0.15, 0.2) is 18.2 Å². The number of nitrogen functional groups attached to an aromatic ring is 1. The molecule has 3 rings (SSSR count). The fraction of sp³-hybridized carbons (Fsp3) is 0.588. The van der Waals surface area contributed by atoms with Crippen molar-refractivity contribution in [1.29, 1.82) is 0 Å². The van der Waals surface area contributed by atoms with Crippen LogP contribution >= 0.6 is 12.4 Å². The number of phenolic OH excluding ortho intramolecular Hbond substituents is 1. The molecule has 2 aliphatic rings. The topological polar surface area (TPSA) is 117 Å². The first-order valence-electron chi connectivity index (χ1n) is 8.30. The van der Waals surface area contributed by atoms with Gasteiger partial charge in [0.25, 0.3) is 5.91 Å². The zero-order valence-electron chi connectivity index (χ0n) is 14.2. The van der Waals surface area contributed by atoms with Gasteiger partial charge in [-0.05, 0) is 57.5 Å². The number of hydrogen-bond acceptors (Lipinski definition) is 6. The van der Waals surface area contributed by atoms with Crippen molar-refractivity contribution in [2.24, 2.45) is 0 Å². The number of carbonyl (C=O) groups is 1. The van der Waals surface area contributed by atoms with Crippen molar-refractivity contribution in [2.75, 3.05) is 25.4 Å². The normalized spacial score (nSPS) is 28.2. The van der Waals surface area contributed by atoms with Crippen molar-refractivity contribution in [3.05, 3.63) is 23.8 Å². The summed E-state index contributed by atoms with van der Waals surface area (Å²) in [6.45, 7) is 3.87. The van der Waals surface area contributed by atoms with E-state index in [4.69, 9.17) is 10.5 Å². The number of anilines is 1. The smallest absolute Gasteiger partial charge is 0.254 e. The Morgan fingerprint density at radius 3 is 2.72 bits per heavy atom. The molecule has 1 amide bonds. The molecule has 0 saturated carbocycles. The first kappa shape index (κ1) is 19.8. The van der Waals surface area contributed by atoms with Crippen molar-refractivity contribution in [3.63, 3.8) is 0 Å². The van der Waals surface area contributed by atoms with E-state index in [1.165, 1.54) is 18.2 Å². The molecule has 1 aromatic carbocycles. The fourth-order valence-electron chi connectivity index (χ4n) is 3.73. The van der Waals surface area contributed by atoms with Crippen LogP contribution in [0.3, 0.4) is 0 Å². The third-order valence-electron chi connectivity index (χ3n) is 5.24. The van der Waals surface area contributed by atoms with Crippen molar-refractivity contribution in [1.82, 2.24) is 10.6 Å². The standard InChI is InChI=1S/C17H25N3O4.ClH/c1-16(20-14(22)12-10-11(21)2-3-13(12)18)6-9-24-17(15(16)23)4-7-19-8-5-17;/h2-3,10,15,19,21,23H,4-9,18H2,1H3,(H,20,22);1H/t15-,16+;/m0./s1. The van der Waals surface area contributed by atoms with Gasteiger partial charge >= 0.3 is 0 Å². The van der Waals surface area contributed by atoms with E-state index in [2.05, 4.69) is 10.6 Å². The summed E-state index contributed by atoms with van der Waals surface area (Å²) in [4.78, 5) is 12.6. The Bertz CT molecular complexity index is 631. The summed E-state index contributed by atoms with van der Waals surface area (Å²) in [6, 6.07) is 4.25. The van der Waals surface area contributed by atoms with Crippen LogP contribution in [0.4, 0.5) is 5.69 Å². The highest BCUT2D eigenvalue weighted by molar-refractivity contribution is 6.00. The number of piperidine rings is 1. The third kappa shape index (κ3) is 3.69. The van der Waals surface area contributed by atoms with Crippen LogP contribution in [0, 0.1) is 0 Å². The molecule has 0 bridgehead atoms. The van der Waals surface area contributed by atoms with Gasteiger partial charge in [0, 0.05) is 12.3 Å². The number of carbonyl (C=O) groups excluding carboxylic acids is 1. The first-order valence-corrected chi connectivity index (χ1v) is 8.30. The van der Waals surface area contributed by atoms with Crippen LogP contribution in [0.1, 0.15) is 36.5 Å². The number of aliphatic hydroxyl groups excluding tert-OH is 1. The highest BCUT2D eigenvalue weighted by Crippen LogP contribution is 2.38. The van der Waals surface area contributed by atoms with Crippen LogP contribution in [0.5, 0.6) is 5.75 Å². The molecule has 2 saturated heterocycles. The lowest BCUT2D eigenvalue weighted by atomic mass is 9.73. The predicted octanol–water partition coefficient (Wildman–Crippen LogP) is 0.788. The number of rotatable bonds is 2. The molecule has 0 unspecified atom stereocenters. The fourth-order valence-corrected chi connectivity index (χ4v) is 3.73. The van der Waals surface area contributed by atoms with Crippen molar-refractivity contribution >= 4 is 24.0 Å². The maximum Gasteiger partial charge on any atom is 0.254 e. The number of aromatic hydroxyl groups is 1. The van der Waals surface area contributed by atoms with Crippen LogP contribution < -0.4 is 16.4 Å². The van der Waals surface area contributed by atoms with Gasteiger partial charge in [0.05, 0.1) is 16.7 Å². The minimum atomic E-state index is -0.816. The Hall–Kier alpha value is -1.54. The highest BCUT2D eigenvalue weighted by atomic mass is 35.5. The molecular formula is C17H26ClN3O4. The van der Waals surface area contributed by atoms with Crippen LogP contribution in [-0.2, 0) is 4.74 Å². The SMILES string of the molecule is C[C@@]1(NC(=O)c2cc(O)ccc2N)CCOC2(CCNCC2)[C@H]1O.Cl. The Balaban J connectivity index is 0.00000225. The van der Waals surface area contributed by atoms with Crippen LogP contribution in [-0.4, -0.2) is 53.1 Å². The molecule has 2 atom stereocenters. The van der Waals surface area contributed by atoms with E-state index in [1.54, 1.807) is 0 Å². The lowest BCUT2D eigenvalue weighted by Crippen LogP contribution is -2.69. The molecule has 0 aromatic heterocycles. The van der Waals surface area contributed by atoms with Crippen molar-refractivity contribution < 1.29 is 19.7 Å².